The Balaban J connectivity index is 1.01. The van der Waals surface area contributed by atoms with Crippen molar-refractivity contribution in [3.8, 4) is 67.9 Å². The highest BCUT2D eigenvalue weighted by Crippen LogP contribution is 2.38. The van der Waals surface area contributed by atoms with Crippen molar-refractivity contribution < 1.29 is 8.83 Å². The van der Waals surface area contributed by atoms with Gasteiger partial charge in [-0.2, -0.15) is 0 Å². The van der Waals surface area contributed by atoms with Gasteiger partial charge in [0.2, 0.25) is 0 Å². The summed E-state index contributed by atoms with van der Waals surface area (Å²) in [7, 11) is 0. The second-order valence-corrected chi connectivity index (χ2v) is 13.7. The fourth-order valence-electron chi connectivity index (χ4n) is 7.36. The zero-order valence-corrected chi connectivity index (χ0v) is 29.8. The van der Waals surface area contributed by atoms with Crippen LogP contribution in [0.4, 0.5) is 0 Å². The number of hydrogen-bond acceptors (Lipinski definition) is 7. The van der Waals surface area contributed by atoms with Crippen LogP contribution in [0, 0.1) is 0 Å². The normalized spacial score (nSPS) is 11.6. The van der Waals surface area contributed by atoms with Gasteiger partial charge in [0.1, 0.15) is 28.0 Å². The Morgan fingerprint density at radius 3 is 1.52 bits per heavy atom. The van der Waals surface area contributed by atoms with E-state index in [-0.39, 0.29) is 0 Å². The predicted molar refractivity (Wildman–Crippen MR) is 223 cm³/mol. The van der Waals surface area contributed by atoms with Crippen molar-refractivity contribution in [1.82, 2.24) is 24.9 Å². The fraction of sp³-hybridized carbons (Fsp3) is 0. The van der Waals surface area contributed by atoms with E-state index in [9.17, 15) is 0 Å². The largest absolute Gasteiger partial charge is 0.456 e. The molecule has 0 fully saturated rings. The maximum Gasteiger partial charge on any atom is 0.180 e. The molecule has 56 heavy (non-hydrogen) atoms. The van der Waals surface area contributed by atoms with Gasteiger partial charge in [0, 0.05) is 44.0 Å². The van der Waals surface area contributed by atoms with Crippen LogP contribution in [0.5, 0.6) is 0 Å². The van der Waals surface area contributed by atoms with Crippen molar-refractivity contribution >= 4 is 44.0 Å². The van der Waals surface area contributed by atoms with E-state index < -0.39 is 0 Å². The molecule has 7 aromatic carbocycles. The van der Waals surface area contributed by atoms with Crippen molar-refractivity contribution in [1.29, 1.82) is 0 Å². The average molecular weight is 720 g/mol. The summed E-state index contributed by atoms with van der Waals surface area (Å²) in [5, 5.41) is 2.88. The Morgan fingerprint density at radius 2 is 0.786 bits per heavy atom. The number of rotatable bonds is 6. The van der Waals surface area contributed by atoms with Gasteiger partial charge in [-0.05, 0) is 53.6 Å². The number of furan rings is 2. The molecule has 0 saturated heterocycles. The summed E-state index contributed by atoms with van der Waals surface area (Å²) in [6.45, 7) is 0. The molecular formula is C49H29N5O2. The molecule has 7 heteroatoms. The Kier molecular flexibility index (Phi) is 7.35. The van der Waals surface area contributed by atoms with E-state index in [0.29, 0.717) is 28.9 Å². The molecule has 0 N–H and O–H groups in total. The SMILES string of the molecule is c1ccc(-c2ccc(-c3nc(-c4ccccc4)nc(-c4ccc5c(c4)oc4ccc(-c6nc(-c7ccccc7)c7oc8ccccc8c7n6)cc45)n3)cc2)cc1. The summed E-state index contributed by atoms with van der Waals surface area (Å²) >= 11 is 0. The van der Waals surface area contributed by atoms with E-state index in [1.807, 2.05) is 127 Å². The van der Waals surface area contributed by atoms with Crippen LogP contribution in [-0.4, -0.2) is 24.9 Å². The van der Waals surface area contributed by atoms with E-state index in [4.69, 9.17) is 33.8 Å². The van der Waals surface area contributed by atoms with Crippen LogP contribution >= 0.6 is 0 Å². The fourth-order valence-corrected chi connectivity index (χ4v) is 7.36. The zero-order chi connectivity index (χ0) is 37.0. The molecule has 11 rings (SSSR count). The molecule has 0 amide bonds. The molecule has 0 saturated carbocycles. The Morgan fingerprint density at radius 1 is 0.286 bits per heavy atom. The van der Waals surface area contributed by atoms with Crippen LogP contribution in [0.2, 0.25) is 0 Å². The third-order valence-corrected chi connectivity index (χ3v) is 10.2. The van der Waals surface area contributed by atoms with Crippen LogP contribution in [-0.2, 0) is 0 Å². The van der Waals surface area contributed by atoms with Crippen molar-refractivity contribution in [2.45, 2.75) is 0 Å². The maximum absolute atomic E-state index is 6.47. The van der Waals surface area contributed by atoms with Gasteiger partial charge in [-0.25, -0.2) is 24.9 Å². The number of fused-ring (bicyclic) bond motifs is 6. The van der Waals surface area contributed by atoms with Crippen LogP contribution < -0.4 is 0 Å². The van der Waals surface area contributed by atoms with Crippen molar-refractivity contribution in [2.75, 3.05) is 0 Å². The summed E-state index contributed by atoms with van der Waals surface area (Å²) in [4.78, 5) is 25.1. The minimum absolute atomic E-state index is 0.562. The third kappa shape index (κ3) is 5.49. The van der Waals surface area contributed by atoms with E-state index in [1.54, 1.807) is 0 Å². The third-order valence-electron chi connectivity index (χ3n) is 10.2. The van der Waals surface area contributed by atoms with Crippen molar-refractivity contribution in [2.24, 2.45) is 0 Å². The van der Waals surface area contributed by atoms with Gasteiger partial charge in [0.15, 0.2) is 28.9 Å². The molecule has 0 bridgehead atoms. The highest BCUT2D eigenvalue weighted by atomic mass is 16.3. The van der Waals surface area contributed by atoms with Crippen LogP contribution in [0.15, 0.2) is 185 Å². The van der Waals surface area contributed by atoms with Crippen LogP contribution in [0.25, 0.3) is 112 Å². The van der Waals surface area contributed by atoms with Gasteiger partial charge in [-0.15, -0.1) is 0 Å². The summed E-state index contributed by atoms with van der Waals surface area (Å²) in [5.74, 6) is 2.37. The lowest BCUT2D eigenvalue weighted by Gasteiger charge is -2.09. The van der Waals surface area contributed by atoms with E-state index in [0.717, 1.165) is 83.1 Å². The number of para-hydroxylation sites is 1. The Hall–Kier alpha value is -7.77. The molecule has 0 radical (unpaired) electrons. The van der Waals surface area contributed by atoms with Crippen molar-refractivity contribution in [3.63, 3.8) is 0 Å². The highest BCUT2D eigenvalue weighted by Gasteiger charge is 2.20. The standard InChI is InChI=1S/C49H29N5O2/c1-4-12-30(13-5-1)31-20-22-34(23-21-31)47-52-46(33-16-8-3-9-17-33)53-49(54-47)36-24-26-37-39-28-35(25-27-41(39)55-42(37)29-36)48-50-43(32-14-6-2-7-15-32)45-44(51-48)38-18-10-11-19-40(38)56-45/h1-29H. The van der Waals surface area contributed by atoms with Gasteiger partial charge in [-0.3, -0.25) is 0 Å². The number of nitrogens with zero attached hydrogens (tertiary/aromatic N) is 5. The van der Waals surface area contributed by atoms with Crippen LogP contribution in [0.3, 0.4) is 0 Å². The molecule has 0 atom stereocenters. The molecule has 7 nitrogen and oxygen atoms in total. The summed E-state index contributed by atoms with van der Waals surface area (Å²) in [6, 6.07) is 59.0. The lowest BCUT2D eigenvalue weighted by Crippen LogP contribution is -2.00. The molecule has 11 aromatic rings. The van der Waals surface area contributed by atoms with E-state index >= 15 is 0 Å². The molecular weight excluding hydrogens is 691 g/mol. The lowest BCUT2D eigenvalue weighted by molar-refractivity contribution is 0.667. The van der Waals surface area contributed by atoms with Gasteiger partial charge in [0.05, 0.1) is 0 Å². The molecule has 4 aromatic heterocycles. The first-order chi connectivity index (χ1) is 27.7. The monoisotopic (exact) mass is 719 g/mol. The predicted octanol–water partition coefficient (Wildman–Crippen LogP) is 12.5. The minimum Gasteiger partial charge on any atom is -0.456 e. The molecule has 0 aliphatic rings. The van der Waals surface area contributed by atoms with E-state index in [1.165, 1.54) is 0 Å². The molecule has 0 aliphatic heterocycles. The smallest absolute Gasteiger partial charge is 0.180 e. The van der Waals surface area contributed by atoms with Crippen LogP contribution in [0.1, 0.15) is 0 Å². The summed E-state index contributed by atoms with van der Waals surface area (Å²) in [5.41, 5.74) is 11.2. The topological polar surface area (TPSA) is 90.7 Å². The first kappa shape index (κ1) is 31.7. The van der Waals surface area contributed by atoms with Crippen molar-refractivity contribution in [3.05, 3.63) is 176 Å². The highest BCUT2D eigenvalue weighted by molar-refractivity contribution is 6.09. The number of benzene rings is 7. The summed E-state index contributed by atoms with van der Waals surface area (Å²) < 4.78 is 12.8. The molecule has 0 aliphatic carbocycles. The second-order valence-electron chi connectivity index (χ2n) is 13.7. The quantitative estimate of drug-likeness (QED) is 0.169. The Bertz CT molecular complexity index is 3230. The average Bonchev–Trinajstić information content (AvgIpc) is 3.84. The first-order valence-electron chi connectivity index (χ1n) is 18.4. The van der Waals surface area contributed by atoms with Gasteiger partial charge >= 0.3 is 0 Å². The van der Waals surface area contributed by atoms with E-state index in [2.05, 4.69) is 48.5 Å². The Labute approximate surface area is 320 Å². The molecule has 0 spiro atoms. The molecule has 262 valence electrons. The number of aromatic nitrogens is 5. The molecule has 0 unspecified atom stereocenters. The minimum atomic E-state index is 0.562. The number of hydrogen-bond donors (Lipinski definition) is 0. The maximum atomic E-state index is 6.47. The lowest BCUT2D eigenvalue weighted by atomic mass is 10.0. The zero-order valence-electron chi connectivity index (χ0n) is 29.8. The second kappa shape index (κ2) is 13.0. The molecule has 4 heterocycles. The van der Waals surface area contributed by atoms with Gasteiger partial charge in [-0.1, -0.05) is 133 Å². The first-order valence-corrected chi connectivity index (χ1v) is 18.4. The summed E-state index contributed by atoms with van der Waals surface area (Å²) in [6.07, 6.45) is 0. The van der Waals surface area contributed by atoms with Gasteiger partial charge in [0.25, 0.3) is 0 Å². The van der Waals surface area contributed by atoms with Gasteiger partial charge < -0.3 is 8.83 Å².